The van der Waals surface area contributed by atoms with Crippen molar-refractivity contribution in [3.05, 3.63) is 35.9 Å². The Morgan fingerprint density at radius 1 is 0.922 bits per heavy atom. The molecule has 0 bridgehead atoms. The van der Waals surface area contributed by atoms with Crippen LogP contribution in [0.3, 0.4) is 0 Å². The minimum Gasteiger partial charge on any atom is -0.380 e. The number of hydrogen-bond donors (Lipinski definition) is 3. The van der Waals surface area contributed by atoms with E-state index in [0.717, 1.165) is 12.0 Å². The number of likely N-dealkylation sites (tertiary alicyclic amines) is 1. The van der Waals surface area contributed by atoms with E-state index in [0.29, 0.717) is 25.9 Å². The van der Waals surface area contributed by atoms with Crippen LogP contribution in [-0.2, 0) is 39.8 Å². The molecule has 2 rings (SSSR count). The summed E-state index contributed by atoms with van der Waals surface area (Å²) in [7, 11) is 8.22. The van der Waals surface area contributed by atoms with Crippen molar-refractivity contribution in [2.75, 3.05) is 48.5 Å². The van der Waals surface area contributed by atoms with Crippen molar-refractivity contribution in [1.29, 1.82) is 0 Å². The number of ether oxygens (including phenoxy) is 3. The van der Waals surface area contributed by atoms with Crippen LogP contribution in [-0.4, -0.2) is 124 Å². The van der Waals surface area contributed by atoms with Gasteiger partial charge in [0.1, 0.15) is 6.04 Å². The first kappa shape index (κ1) is 44.1. The van der Waals surface area contributed by atoms with Gasteiger partial charge in [-0.25, -0.2) is 0 Å². The average molecular weight is 718 g/mol. The van der Waals surface area contributed by atoms with Gasteiger partial charge in [0.05, 0.1) is 48.8 Å². The Morgan fingerprint density at radius 3 is 2.06 bits per heavy atom. The normalized spacial score (nSPS) is 20.3. The zero-order chi connectivity index (χ0) is 38.4. The van der Waals surface area contributed by atoms with Crippen molar-refractivity contribution in [2.24, 2.45) is 23.7 Å². The lowest BCUT2D eigenvalue weighted by Crippen LogP contribution is -2.59. The second-order valence-corrected chi connectivity index (χ2v) is 14.8. The first-order chi connectivity index (χ1) is 24.2. The highest BCUT2D eigenvalue weighted by Crippen LogP contribution is 2.30. The zero-order valence-electron chi connectivity index (χ0n) is 33.2. The van der Waals surface area contributed by atoms with E-state index in [-0.39, 0.29) is 53.9 Å². The molecule has 0 radical (unpaired) electrons. The van der Waals surface area contributed by atoms with E-state index in [9.17, 15) is 19.2 Å². The van der Waals surface area contributed by atoms with Crippen LogP contribution in [0.1, 0.15) is 73.3 Å². The largest absolute Gasteiger partial charge is 0.380 e. The Morgan fingerprint density at radius 2 is 1.55 bits per heavy atom. The van der Waals surface area contributed by atoms with Crippen molar-refractivity contribution in [3.8, 4) is 0 Å². The Labute approximate surface area is 307 Å². The maximum absolute atomic E-state index is 14.3. The van der Waals surface area contributed by atoms with Gasteiger partial charge in [-0.1, -0.05) is 85.2 Å². The number of carbonyl (C=O) groups excluding carboxylic acids is 4. The van der Waals surface area contributed by atoms with E-state index in [1.54, 1.807) is 45.2 Å². The molecule has 1 fully saturated rings. The third-order valence-corrected chi connectivity index (χ3v) is 10.6. The van der Waals surface area contributed by atoms with E-state index in [1.165, 1.54) is 0 Å². The minimum absolute atomic E-state index is 0.0119. The van der Waals surface area contributed by atoms with E-state index < -0.39 is 42.3 Å². The molecule has 0 saturated carbocycles. The van der Waals surface area contributed by atoms with E-state index in [2.05, 4.69) is 16.0 Å². The number of methoxy groups -OCH3 is 3. The molecule has 1 aromatic rings. The lowest BCUT2D eigenvalue weighted by atomic mass is 9.89. The van der Waals surface area contributed by atoms with Crippen LogP contribution in [0.15, 0.2) is 30.3 Å². The molecule has 0 spiro atoms. The molecule has 3 N–H and O–H groups in total. The van der Waals surface area contributed by atoms with E-state index in [4.69, 9.17) is 14.2 Å². The fourth-order valence-electron chi connectivity index (χ4n) is 7.34. The van der Waals surface area contributed by atoms with Crippen molar-refractivity contribution in [1.82, 2.24) is 25.8 Å². The average Bonchev–Trinajstić information content (AvgIpc) is 3.54. The van der Waals surface area contributed by atoms with Gasteiger partial charge < -0.3 is 40.0 Å². The molecule has 51 heavy (non-hydrogen) atoms. The molecule has 290 valence electrons. The fourth-order valence-corrected chi connectivity index (χ4v) is 7.34. The number of benzene rings is 1. The van der Waals surface area contributed by atoms with E-state index >= 15 is 0 Å². The summed E-state index contributed by atoms with van der Waals surface area (Å²) in [5.41, 5.74) is 1.14. The third-order valence-electron chi connectivity index (χ3n) is 10.6. The van der Waals surface area contributed by atoms with Gasteiger partial charge in [-0.05, 0) is 43.2 Å². The molecule has 1 aliphatic heterocycles. The van der Waals surface area contributed by atoms with Gasteiger partial charge >= 0.3 is 0 Å². The highest BCUT2D eigenvalue weighted by atomic mass is 16.5. The summed E-state index contributed by atoms with van der Waals surface area (Å²) in [5.74, 6) is -1.46. The summed E-state index contributed by atoms with van der Waals surface area (Å²) in [6.45, 7) is 14.5. The van der Waals surface area contributed by atoms with Gasteiger partial charge in [-0.15, -0.1) is 0 Å². The summed E-state index contributed by atoms with van der Waals surface area (Å²) in [6.07, 6.45) is 0.567. The minimum atomic E-state index is -0.759. The molecule has 9 atom stereocenters. The Hall–Kier alpha value is -3.06. The van der Waals surface area contributed by atoms with Crippen LogP contribution in [0.4, 0.5) is 0 Å². The van der Waals surface area contributed by atoms with Gasteiger partial charge in [0.25, 0.3) is 0 Å². The molecule has 1 saturated heterocycles. The highest BCUT2D eigenvalue weighted by Gasteiger charge is 2.45. The number of likely N-dealkylation sites (N-methyl/N-ethyl adjacent to an activating group) is 2. The first-order valence-electron chi connectivity index (χ1n) is 18.6. The maximum atomic E-state index is 14.3. The molecular formula is C39H67N5O7. The summed E-state index contributed by atoms with van der Waals surface area (Å²) in [5, 5.41) is 9.08. The van der Waals surface area contributed by atoms with Gasteiger partial charge in [0.15, 0.2) is 0 Å². The van der Waals surface area contributed by atoms with Gasteiger partial charge in [0, 0.05) is 41.5 Å². The number of nitrogens with one attached hydrogen (secondary N) is 3. The molecule has 12 heteroatoms. The highest BCUT2D eigenvalue weighted by molar-refractivity contribution is 5.90. The fraction of sp³-hybridized carbons (Fsp3) is 0.744. The topological polar surface area (TPSA) is 139 Å². The van der Waals surface area contributed by atoms with Crippen molar-refractivity contribution in [3.63, 3.8) is 0 Å². The summed E-state index contributed by atoms with van der Waals surface area (Å²) >= 11 is 0. The third kappa shape index (κ3) is 12.0. The molecule has 4 amide bonds. The van der Waals surface area contributed by atoms with Gasteiger partial charge in [-0.3, -0.25) is 19.2 Å². The number of rotatable bonds is 21. The number of nitrogens with zero attached hydrogens (tertiary/aromatic N) is 2. The molecule has 1 heterocycles. The summed E-state index contributed by atoms with van der Waals surface area (Å²) < 4.78 is 17.7. The molecule has 1 aliphatic rings. The molecule has 12 nitrogen and oxygen atoms in total. The smallest absolute Gasteiger partial charge is 0.245 e. The zero-order valence-corrected chi connectivity index (χ0v) is 33.2. The van der Waals surface area contributed by atoms with Gasteiger partial charge in [-0.2, -0.15) is 0 Å². The van der Waals surface area contributed by atoms with Crippen LogP contribution >= 0.6 is 0 Å². The van der Waals surface area contributed by atoms with Crippen LogP contribution in [0.25, 0.3) is 0 Å². The van der Waals surface area contributed by atoms with Crippen LogP contribution in [0, 0.1) is 23.7 Å². The molecule has 1 aromatic carbocycles. The number of hydrogen-bond acceptors (Lipinski definition) is 8. The first-order valence-corrected chi connectivity index (χ1v) is 18.6. The van der Waals surface area contributed by atoms with Crippen molar-refractivity contribution < 1.29 is 33.4 Å². The predicted molar refractivity (Wildman–Crippen MR) is 200 cm³/mol. The van der Waals surface area contributed by atoms with E-state index in [1.807, 2.05) is 78.8 Å². The summed E-state index contributed by atoms with van der Waals surface area (Å²) in [6, 6.07) is 7.92. The maximum Gasteiger partial charge on any atom is 0.245 e. The van der Waals surface area contributed by atoms with Crippen molar-refractivity contribution in [2.45, 2.75) is 117 Å². The lowest BCUT2D eigenvalue weighted by molar-refractivity contribution is -0.147. The predicted octanol–water partition coefficient (Wildman–Crippen LogP) is 3.28. The molecule has 0 aromatic heterocycles. The van der Waals surface area contributed by atoms with Gasteiger partial charge in [0.2, 0.25) is 23.6 Å². The van der Waals surface area contributed by atoms with Crippen LogP contribution in [0.2, 0.25) is 0 Å². The van der Waals surface area contributed by atoms with Crippen molar-refractivity contribution >= 4 is 23.6 Å². The van der Waals surface area contributed by atoms with Crippen LogP contribution in [0.5, 0.6) is 0 Å². The number of amides is 4. The summed E-state index contributed by atoms with van der Waals surface area (Å²) in [4.78, 5) is 58.4. The second kappa shape index (κ2) is 21.5. The van der Waals surface area contributed by atoms with Crippen LogP contribution < -0.4 is 16.0 Å². The second-order valence-electron chi connectivity index (χ2n) is 14.8. The number of carbonyl (C=O) groups is 4. The molecule has 0 aliphatic carbocycles. The Balaban J connectivity index is 2.28. The Bertz CT molecular complexity index is 1230. The lowest BCUT2D eigenvalue weighted by Gasteiger charge is -2.41. The monoisotopic (exact) mass is 718 g/mol. The molecule has 2 unspecified atom stereocenters. The SMILES string of the molecule is CCC(C)[C@@H]([C@@H](CC(=O)N1C[C@@H](OC)C[C@H]1[C@H](OC)[C@@H](C)C(=O)NCCc1ccccc1)OC)N(C)C(=O)C(NC(=O)[C@@H](NC)C(C)C)C(C)C. The quantitative estimate of drug-likeness (QED) is 0.176. The Kier molecular flexibility index (Phi) is 18.6. The standard InChI is InChI=1S/C39H67N5O7/c1-13-26(6)35(43(9)39(48)34(25(4)5)42-38(47)33(40-8)24(2)3)31(50-11)22-32(45)44-23-29(49-10)21-30(44)36(51-12)27(7)37(46)41-20-19-28-17-15-14-16-18-28/h14-18,24-27,29-31,33-36,40H,13,19-23H2,1-12H3,(H,41,46)(H,42,47)/t26?,27-,29+,30+,31-,33+,34?,35+,36-/m1/s1. The molecular weight excluding hydrogens is 650 g/mol.